The zero-order valence-electron chi connectivity index (χ0n) is 25.8. The molecule has 230 valence electrons. The van der Waals surface area contributed by atoms with Gasteiger partial charge in [0.15, 0.2) is 11.5 Å². The van der Waals surface area contributed by atoms with Gasteiger partial charge in [-0.15, -0.1) is 0 Å². The summed E-state index contributed by atoms with van der Waals surface area (Å²) in [6.45, 7) is 7.59. The zero-order valence-corrected chi connectivity index (χ0v) is 26.8. The van der Waals surface area contributed by atoms with Gasteiger partial charge in [0.1, 0.15) is 22.7 Å². The lowest BCUT2D eigenvalue weighted by Gasteiger charge is -2.44. The van der Waals surface area contributed by atoms with Gasteiger partial charge in [-0.2, -0.15) is 0 Å². The van der Waals surface area contributed by atoms with Crippen LogP contribution in [0.2, 0.25) is 5.04 Å². The third-order valence-corrected chi connectivity index (χ3v) is 14.3. The number of nitrogens with one attached hydrogen (secondary N) is 1. The van der Waals surface area contributed by atoms with Gasteiger partial charge in [0.05, 0.1) is 12.4 Å². The van der Waals surface area contributed by atoms with Crippen molar-refractivity contribution in [3.05, 3.63) is 108 Å². The minimum absolute atomic E-state index is 0.0118. The van der Waals surface area contributed by atoms with E-state index in [2.05, 4.69) is 96.4 Å². The Kier molecular flexibility index (Phi) is 7.49. The van der Waals surface area contributed by atoms with Crippen LogP contribution in [0.5, 0.6) is 0 Å². The molecule has 0 amide bonds. The average molecular weight is 621 g/mol. The predicted molar refractivity (Wildman–Crippen MR) is 177 cm³/mol. The Morgan fingerprint density at radius 1 is 0.911 bits per heavy atom. The number of rotatable bonds is 7. The Hall–Kier alpha value is -4.41. The highest BCUT2D eigenvalue weighted by molar-refractivity contribution is 6.99. The van der Waals surface area contributed by atoms with Crippen molar-refractivity contribution in [3.63, 3.8) is 0 Å². The van der Waals surface area contributed by atoms with Gasteiger partial charge in [-0.3, -0.25) is 8.97 Å². The number of imidazole rings is 2. The summed E-state index contributed by atoms with van der Waals surface area (Å²) < 4.78 is 24.7. The fourth-order valence-electron chi connectivity index (χ4n) is 7.07. The second kappa shape index (κ2) is 11.5. The van der Waals surface area contributed by atoms with E-state index in [1.54, 1.807) is 27.4 Å². The van der Waals surface area contributed by atoms with Crippen LogP contribution in [0.1, 0.15) is 52.5 Å². The third-order valence-electron chi connectivity index (χ3n) is 9.29. The highest BCUT2D eigenvalue weighted by Gasteiger charge is 2.50. The summed E-state index contributed by atoms with van der Waals surface area (Å²) in [4.78, 5) is 29.8. The van der Waals surface area contributed by atoms with Crippen LogP contribution in [-0.4, -0.2) is 43.8 Å². The van der Waals surface area contributed by atoms with E-state index >= 15 is 0 Å². The van der Waals surface area contributed by atoms with Crippen LogP contribution in [-0.2, 0) is 4.43 Å². The van der Waals surface area contributed by atoms with Crippen molar-refractivity contribution >= 4 is 35.5 Å². The molecule has 1 fully saturated rings. The SMILES string of the molecule is CC(C)(C)[Si](OCC1CCC(n2c(=O)[nH]c3cnc(-c4cnc5ccc(F)cn45)nc32)CC1)(c1ccccc1)c1ccccc1. The summed E-state index contributed by atoms with van der Waals surface area (Å²) in [7, 11) is -2.61. The Bertz CT molecular complexity index is 1970. The van der Waals surface area contributed by atoms with Gasteiger partial charge in [0, 0.05) is 18.8 Å². The van der Waals surface area contributed by atoms with E-state index in [4.69, 9.17) is 9.41 Å². The van der Waals surface area contributed by atoms with Gasteiger partial charge in [-0.05, 0) is 59.1 Å². The summed E-state index contributed by atoms with van der Waals surface area (Å²) >= 11 is 0. The second-order valence-electron chi connectivity index (χ2n) is 13.1. The van der Waals surface area contributed by atoms with E-state index < -0.39 is 8.32 Å². The minimum atomic E-state index is -2.61. The van der Waals surface area contributed by atoms with E-state index in [9.17, 15) is 9.18 Å². The molecule has 7 rings (SSSR count). The molecule has 2 aromatic carbocycles. The Morgan fingerprint density at radius 2 is 1.58 bits per heavy atom. The fourth-order valence-corrected chi connectivity index (χ4v) is 11.7. The van der Waals surface area contributed by atoms with Crippen LogP contribution in [0, 0.1) is 11.7 Å². The summed E-state index contributed by atoms with van der Waals surface area (Å²) in [5, 5.41) is 2.49. The number of aromatic nitrogens is 6. The number of benzene rings is 2. The van der Waals surface area contributed by atoms with E-state index in [0.29, 0.717) is 40.9 Å². The molecule has 0 unspecified atom stereocenters. The highest BCUT2D eigenvalue weighted by atomic mass is 28.4. The lowest BCUT2D eigenvalue weighted by molar-refractivity contribution is 0.176. The van der Waals surface area contributed by atoms with Gasteiger partial charge >= 0.3 is 5.69 Å². The molecule has 0 aliphatic heterocycles. The second-order valence-corrected chi connectivity index (χ2v) is 17.4. The molecule has 4 heterocycles. The van der Waals surface area contributed by atoms with Crippen molar-refractivity contribution in [2.24, 2.45) is 5.92 Å². The lowest BCUT2D eigenvalue weighted by Crippen LogP contribution is -2.66. The first-order chi connectivity index (χ1) is 21.7. The summed E-state index contributed by atoms with van der Waals surface area (Å²) in [6.07, 6.45) is 8.22. The molecule has 4 aromatic heterocycles. The number of H-pyrrole nitrogens is 1. The molecule has 10 heteroatoms. The topological polar surface area (TPSA) is 90.1 Å². The minimum Gasteiger partial charge on any atom is -0.407 e. The standard InChI is InChI=1S/C35H37FN6O2Si/c1-35(2,3)45(27-10-6-4-7-11-27,28-12-8-5-9-13-28)44-23-24-14-17-26(18-15-24)42-33-29(39-34(42)43)20-38-32(40-33)30-21-37-31-19-16-25(36)22-41(30)31/h4-13,16,19-22,24,26H,14-15,17-18,23H2,1-3H3,(H,39,43). The van der Waals surface area contributed by atoms with Crippen LogP contribution in [0.15, 0.2) is 96.2 Å². The third kappa shape index (κ3) is 5.21. The van der Waals surface area contributed by atoms with Crippen LogP contribution in [0.4, 0.5) is 4.39 Å². The van der Waals surface area contributed by atoms with Crippen molar-refractivity contribution < 1.29 is 8.82 Å². The number of hydrogen-bond acceptors (Lipinski definition) is 5. The number of aromatic amines is 1. The maximum absolute atomic E-state index is 14.0. The molecule has 1 aliphatic rings. The molecule has 45 heavy (non-hydrogen) atoms. The summed E-state index contributed by atoms with van der Waals surface area (Å²) in [5.74, 6) is 0.403. The molecule has 0 bridgehead atoms. The van der Waals surface area contributed by atoms with Gasteiger partial charge in [0.2, 0.25) is 0 Å². The number of halogens is 1. The molecule has 0 saturated heterocycles. The van der Waals surface area contributed by atoms with Crippen molar-refractivity contribution in [2.45, 2.75) is 57.5 Å². The Balaban J connectivity index is 1.13. The van der Waals surface area contributed by atoms with Crippen molar-refractivity contribution in [3.8, 4) is 11.5 Å². The molecule has 0 spiro atoms. The Morgan fingerprint density at radius 3 is 2.22 bits per heavy atom. The first-order valence-corrected chi connectivity index (χ1v) is 17.5. The van der Waals surface area contributed by atoms with Crippen molar-refractivity contribution in [1.82, 2.24) is 28.9 Å². The van der Waals surface area contributed by atoms with E-state index in [1.807, 2.05) is 0 Å². The van der Waals surface area contributed by atoms with Gasteiger partial charge in [-0.25, -0.2) is 24.1 Å². The quantitative estimate of drug-likeness (QED) is 0.225. The fraction of sp³-hybridized carbons (Fsp3) is 0.314. The normalized spacial score (nSPS) is 17.7. The number of nitrogens with zero attached hydrogens (tertiary/aromatic N) is 5. The molecule has 1 N–H and O–H groups in total. The lowest BCUT2D eigenvalue weighted by atomic mass is 9.86. The maximum Gasteiger partial charge on any atom is 0.327 e. The molecular formula is C35H37FN6O2Si. The van der Waals surface area contributed by atoms with Crippen LogP contribution < -0.4 is 16.1 Å². The van der Waals surface area contributed by atoms with Crippen LogP contribution >= 0.6 is 0 Å². The summed E-state index contributed by atoms with van der Waals surface area (Å²) in [5.41, 5.74) is 2.12. The number of fused-ring (bicyclic) bond motifs is 2. The van der Waals surface area contributed by atoms with Gasteiger partial charge < -0.3 is 9.41 Å². The molecule has 0 atom stereocenters. The number of pyridine rings is 1. The molecule has 0 radical (unpaired) electrons. The zero-order chi connectivity index (χ0) is 31.2. The molecule has 1 saturated carbocycles. The van der Waals surface area contributed by atoms with Crippen LogP contribution in [0.3, 0.4) is 0 Å². The van der Waals surface area contributed by atoms with Crippen LogP contribution in [0.25, 0.3) is 28.3 Å². The van der Waals surface area contributed by atoms with Crippen molar-refractivity contribution in [2.75, 3.05) is 6.61 Å². The number of hydrogen-bond donors (Lipinski definition) is 1. The maximum atomic E-state index is 14.0. The van der Waals surface area contributed by atoms with E-state index in [0.717, 1.165) is 25.7 Å². The summed E-state index contributed by atoms with van der Waals surface area (Å²) in [6, 6.07) is 24.5. The van der Waals surface area contributed by atoms with Crippen molar-refractivity contribution in [1.29, 1.82) is 0 Å². The average Bonchev–Trinajstić information content (AvgIpc) is 3.61. The first-order valence-electron chi connectivity index (χ1n) is 15.6. The first kappa shape index (κ1) is 29.3. The monoisotopic (exact) mass is 620 g/mol. The molecule has 6 aromatic rings. The smallest absolute Gasteiger partial charge is 0.327 e. The predicted octanol–water partition coefficient (Wildman–Crippen LogP) is 5.88. The molecule has 8 nitrogen and oxygen atoms in total. The van der Waals surface area contributed by atoms with Gasteiger partial charge in [-0.1, -0.05) is 81.4 Å². The van der Waals surface area contributed by atoms with E-state index in [1.165, 1.54) is 22.6 Å². The highest BCUT2D eigenvalue weighted by Crippen LogP contribution is 2.39. The largest absolute Gasteiger partial charge is 0.407 e. The molecular weight excluding hydrogens is 584 g/mol. The van der Waals surface area contributed by atoms with Gasteiger partial charge in [0.25, 0.3) is 8.32 Å². The molecule has 1 aliphatic carbocycles. The Labute approximate surface area is 262 Å². The van der Waals surface area contributed by atoms with E-state index in [-0.39, 0.29) is 22.6 Å².